The molecule has 0 saturated carbocycles. The summed E-state index contributed by atoms with van der Waals surface area (Å²) < 4.78 is 6.12. The lowest BCUT2D eigenvalue weighted by Gasteiger charge is -2.13. The van der Waals surface area contributed by atoms with Gasteiger partial charge in [0.05, 0.1) is 6.54 Å². The number of carbonyl (C=O) groups is 1. The van der Waals surface area contributed by atoms with Crippen LogP contribution >= 0.6 is 0 Å². The molecule has 0 fully saturated rings. The third-order valence-electron chi connectivity index (χ3n) is 4.52. The summed E-state index contributed by atoms with van der Waals surface area (Å²) in [6.45, 7) is 0.523. The van der Waals surface area contributed by atoms with Crippen molar-refractivity contribution in [2.75, 3.05) is 6.54 Å². The fraction of sp³-hybridized carbons (Fsp3) is 0.316. The first-order chi connectivity index (χ1) is 11.8. The molecule has 1 aromatic heterocycles. The molecule has 0 spiro atoms. The number of hydrogen-bond acceptors (Lipinski definition) is 4. The van der Waals surface area contributed by atoms with Gasteiger partial charge in [-0.1, -0.05) is 24.3 Å². The van der Waals surface area contributed by atoms with Gasteiger partial charge in [-0.25, -0.2) is 9.97 Å². The third kappa shape index (κ3) is 2.89. The normalized spacial score (nSPS) is 18.7. The van der Waals surface area contributed by atoms with E-state index in [0.29, 0.717) is 6.54 Å². The van der Waals surface area contributed by atoms with Crippen LogP contribution in [-0.4, -0.2) is 28.5 Å². The molecule has 1 aliphatic carbocycles. The molecule has 1 amide bonds. The second kappa shape index (κ2) is 6.43. The molecule has 1 atom stereocenters. The van der Waals surface area contributed by atoms with Crippen molar-refractivity contribution >= 4 is 5.91 Å². The minimum atomic E-state index is -0.0308. The summed E-state index contributed by atoms with van der Waals surface area (Å²) in [5, 5.41) is 3.00. The maximum atomic E-state index is 12.1. The molecule has 4 rings (SSSR count). The van der Waals surface area contributed by atoms with Crippen LogP contribution in [0.3, 0.4) is 0 Å². The minimum Gasteiger partial charge on any atom is -0.487 e. The molecular weight excluding hydrogens is 302 g/mol. The Morgan fingerprint density at radius 3 is 2.96 bits per heavy atom. The summed E-state index contributed by atoms with van der Waals surface area (Å²) in [5.41, 5.74) is 4.01. The van der Waals surface area contributed by atoms with Crippen LogP contribution in [0.25, 0.3) is 11.1 Å². The van der Waals surface area contributed by atoms with E-state index in [1.165, 1.54) is 6.33 Å². The van der Waals surface area contributed by atoms with E-state index in [0.717, 1.165) is 53.7 Å². The van der Waals surface area contributed by atoms with Gasteiger partial charge < -0.3 is 10.1 Å². The van der Waals surface area contributed by atoms with E-state index in [9.17, 15) is 4.79 Å². The molecule has 0 bridgehead atoms. The highest BCUT2D eigenvalue weighted by atomic mass is 16.5. The zero-order valence-corrected chi connectivity index (χ0v) is 13.4. The second-order valence-corrected chi connectivity index (χ2v) is 6.20. The highest BCUT2D eigenvalue weighted by molar-refractivity contribution is 5.93. The first-order valence-corrected chi connectivity index (χ1v) is 8.32. The molecule has 1 aromatic carbocycles. The predicted octanol–water partition coefficient (Wildman–Crippen LogP) is 2.67. The Kier molecular flexibility index (Phi) is 3.99. The Labute approximate surface area is 140 Å². The van der Waals surface area contributed by atoms with E-state index in [1.54, 1.807) is 12.4 Å². The van der Waals surface area contributed by atoms with Crippen molar-refractivity contribution in [2.24, 2.45) is 0 Å². The van der Waals surface area contributed by atoms with Crippen molar-refractivity contribution < 1.29 is 9.53 Å². The first kappa shape index (κ1) is 14.9. The summed E-state index contributed by atoms with van der Waals surface area (Å²) in [5.74, 6) is 0.926. The predicted molar refractivity (Wildman–Crippen MR) is 90.5 cm³/mol. The smallest absolute Gasteiger partial charge is 0.247 e. The van der Waals surface area contributed by atoms with Crippen molar-refractivity contribution in [3.8, 4) is 16.9 Å². The van der Waals surface area contributed by atoms with Gasteiger partial charge in [-0.15, -0.1) is 0 Å². The maximum absolute atomic E-state index is 12.1. The Hall–Kier alpha value is -2.69. The highest BCUT2D eigenvalue weighted by Crippen LogP contribution is 2.38. The van der Waals surface area contributed by atoms with Crippen LogP contribution in [0.5, 0.6) is 5.75 Å². The van der Waals surface area contributed by atoms with Gasteiger partial charge in [0.2, 0.25) is 5.91 Å². The van der Waals surface area contributed by atoms with E-state index >= 15 is 0 Å². The van der Waals surface area contributed by atoms with Gasteiger partial charge >= 0.3 is 0 Å². The fourth-order valence-electron chi connectivity index (χ4n) is 3.31. The van der Waals surface area contributed by atoms with Gasteiger partial charge in [0.25, 0.3) is 0 Å². The zero-order chi connectivity index (χ0) is 16.4. The average molecular weight is 321 g/mol. The van der Waals surface area contributed by atoms with Crippen LogP contribution < -0.4 is 10.1 Å². The van der Waals surface area contributed by atoms with E-state index in [1.807, 2.05) is 18.2 Å². The molecule has 2 aromatic rings. The van der Waals surface area contributed by atoms with Gasteiger partial charge in [0.1, 0.15) is 18.2 Å². The van der Waals surface area contributed by atoms with E-state index in [-0.39, 0.29) is 12.0 Å². The Balaban J connectivity index is 1.45. The lowest BCUT2D eigenvalue weighted by atomic mass is 10.0. The van der Waals surface area contributed by atoms with Gasteiger partial charge in [-0.05, 0) is 24.8 Å². The summed E-state index contributed by atoms with van der Waals surface area (Å²) in [6, 6.07) is 6.11. The SMILES string of the molecule is O=C(NCC1Cc2cccc(-c3cncnc3)c2O1)C1=CCCC1. The van der Waals surface area contributed by atoms with Gasteiger partial charge in [-0.3, -0.25) is 4.79 Å². The molecule has 122 valence electrons. The van der Waals surface area contributed by atoms with E-state index in [4.69, 9.17) is 4.74 Å². The molecule has 1 aliphatic heterocycles. The molecule has 24 heavy (non-hydrogen) atoms. The largest absolute Gasteiger partial charge is 0.487 e. The zero-order valence-electron chi connectivity index (χ0n) is 13.4. The van der Waals surface area contributed by atoms with Crippen LogP contribution in [0, 0.1) is 0 Å². The Bertz CT molecular complexity index is 786. The number of allylic oxidation sites excluding steroid dienone is 1. The number of benzene rings is 1. The second-order valence-electron chi connectivity index (χ2n) is 6.20. The molecule has 5 nitrogen and oxygen atoms in total. The molecule has 2 heterocycles. The van der Waals surface area contributed by atoms with Gasteiger partial charge in [0.15, 0.2) is 0 Å². The van der Waals surface area contributed by atoms with Crippen molar-refractivity contribution in [1.29, 1.82) is 0 Å². The summed E-state index contributed by atoms with van der Waals surface area (Å²) in [6.07, 6.45) is 10.9. The average Bonchev–Trinajstić information content (AvgIpc) is 3.29. The monoisotopic (exact) mass is 321 g/mol. The number of nitrogens with zero attached hydrogens (tertiary/aromatic N) is 2. The van der Waals surface area contributed by atoms with Gasteiger partial charge in [-0.2, -0.15) is 0 Å². The minimum absolute atomic E-state index is 0.0308. The van der Waals surface area contributed by atoms with E-state index < -0.39 is 0 Å². The number of para-hydroxylation sites is 1. The number of rotatable bonds is 4. The van der Waals surface area contributed by atoms with Crippen molar-refractivity contribution in [3.63, 3.8) is 0 Å². The molecule has 1 N–H and O–H groups in total. The van der Waals surface area contributed by atoms with Gasteiger partial charge in [0, 0.05) is 35.5 Å². The Morgan fingerprint density at radius 2 is 2.17 bits per heavy atom. The highest BCUT2D eigenvalue weighted by Gasteiger charge is 2.26. The van der Waals surface area contributed by atoms with Crippen molar-refractivity contribution in [1.82, 2.24) is 15.3 Å². The number of ether oxygens (including phenoxy) is 1. The van der Waals surface area contributed by atoms with Crippen LogP contribution in [0.4, 0.5) is 0 Å². The summed E-state index contributed by atoms with van der Waals surface area (Å²) in [4.78, 5) is 20.3. The summed E-state index contributed by atoms with van der Waals surface area (Å²) >= 11 is 0. The number of carbonyl (C=O) groups excluding carboxylic acids is 1. The molecule has 0 radical (unpaired) electrons. The van der Waals surface area contributed by atoms with Crippen LogP contribution in [0.15, 0.2) is 48.6 Å². The quantitative estimate of drug-likeness (QED) is 0.940. The van der Waals surface area contributed by atoms with Crippen molar-refractivity contribution in [2.45, 2.75) is 31.8 Å². The maximum Gasteiger partial charge on any atom is 0.247 e. The lowest BCUT2D eigenvalue weighted by Crippen LogP contribution is -2.35. The number of fused-ring (bicyclic) bond motifs is 1. The van der Waals surface area contributed by atoms with Crippen LogP contribution in [0.1, 0.15) is 24.8 Å². The molecule has 5 heteroatoms. The van der Waals surface area contributed by atoms with Crippen LogP contribution in [-0.2, 0) is 11.2 Å². The molecule has 2 aliphatic rings. The Morgan fingerprint density at radius 1 is 1.29 bits per heavy atom. The number of nitrogens with one attached hydrogen (secondary N) is 1. The summed E-state index contributed by atoms with van der Waals surface area (Å²) in [7, 11) is 0. The topological polar surface area (TPSA) is 64.1 Å². The lowest BCUT2D eigenvalue weighted by molar-refractivity contribution is -0.117. The first-order valence-electron chi connectivity index (χ1n) is 8.32. The van der Waals surface area contributed by atoms with E-state index in [2.05, 4.69) is 21.4 Å². The fourth-order valence-corrected chi connectivity index (χ4v) is 3.31. The number of aromatic nitrogens is 2. The standard InChI is InChI=1S/C19H19N3O2/c23-19(13-4-1-2-5-13)22-11-16-8-14-6-3-7-17(18(14)24-16)15-9-20-12-21-10-15/h3-4,6-7,9-10,12,16H,1-2,5,8,11H2,(H,22,23). The molecular formula is C19H19N3O2. The molecule has 1 unspecified atom stereocenters. The number of amides is 1. The van der Waals surface area contributed by atoms with Crippen LogP contribution in [0.2, 0.25) is 0 Å². The number of hydrogen-bond donors (Lipinski definition) is 1. The molecule has 0 saturated heterocycles. The third-order valence-corrected chi connectivity index (χ3v) is 4.52. The van der Waals surface area contributed by atoms with Crippen molar-refractivity contribution in [3.05, 3.63) is 54.1 Å².